The third-order valence-electron chi connectivity index (χ3n) is 2.00. The van der Waals surface area contributed by atoms with Gasteiger partial charge in [0.1, 0.15) is 11.5 Å². The lowest BCUT2D eigenvalue weighted by molar-refractivity contribution is 0.548. The summed E-state index contributed by atoms with van der Waals surface area (Å²) in [5.74, 6) is 1.67. The lowest BCUT2D eigenvalue weighted by Crippen LogP contribution is -1.90. The van der Waals surface area contributed by atoms with Crippen molar-refractivity contribution >= 4 is 11.4 Å². The molecule has 72 valence electrons. The summed E-state index contributed by atoms with van der Waals surface area (Å²) in [5, 5.41) is 0. The first kappa shape index (κ1) is 8.69. The van der Waals surface area contributed by atoms with Crippen LogP contribution in [0.4, 0.5) is 11.4 Å². The van der Waals surface area contributed by atoms with Crippen LogP contribution in [-0.4, -0.2) is 0 Å². The summed E-state index contributed by atoms with van der Waals surface area (Å²) in [6, 6.07) is 9.22. The van der Waals surface area contributed by atoms with E-state index in [1.54, 1.807) is 6.07 Å². The van der Waals surface area contributed by atoms with Crippen LogP contribution in [0.25, 0.3) is 11.3 Å². The van der Waals surface area contributed by atoms with Crippen molar-refractivity contribution in [2.24, 2.45) is 0 Å². The molecule has 3 heteroatoms. The minimum atomic E-state index is 0.647. The van der Waals surface area contributed by atoms with Gasteiger partial charge in [0.2, 0.25) is 0 Å². The number of rotatable bonds is 1. The van der Waals surface area contributed by atoms with Crippen LogP contribution in [0.1, 0.15) is 5.76 Å². The number of hydrogen-bond acceptors (Lipinski definition) is 3. The molecule has 0 spiro atoms. The molecule has 0 unspecified atom stereocenters. The number of benzene rings is 1. The Morgan fingerprint density at radius 1 is 1.00 bits per heavy atom. The van der Waals surface area contributed by atoms with E-state index in [1.807, 2.05) is 31.2 Å². The van der Waals surface area contributed by atoms with Crippen LogP contribution in [-0.2, 0) is 0 Å². The highest BCUT2D eigenvalue weighted by Gasteiger charge is 2.03. The van der Waals surface area contributed by atoms with Gasteiger partial charge in [0.15, 0.2) is 0 Å². The molecule has 0 fully saturated rings. The first-order valence-corrected chi connectivity index (χ1v) is 4.38. The van der Waals surface area contributed by atoms with E-state index in [0.717, 1.165) is 17.1 Å². The number of anilines is 2. The zero-order chi connectivity index (χ0) is 10.1. The third kappa shape index (κ3) is 1.57. The summed E-state index contributed by atoms with van der Waals surface area (Å²) in [4.78, 5) is 0. The van der Waals surface area contributed by atoms with Crippen molar-refractivity contribution in [3.05, 3.63) is 36.1 Å². The van der Waals surface area contributed by atoms with E-state index in [2.05, 4.69) is 0 Å². The van der Waals surface area contributed by atoms with Crippen molar-refractivity contribution in [2.75, 3.05) is 11.5 Å². The van der Waals surface area contributed by atoms with Crippen LogP contribution < -0.4 is 11.5 Å². The van der Waals surface area contributed by atoms with Gasteiger partial charge in [-0.25, -0.2) is 0 Å². The number of hydrogen-bond donors (Lipinski definition) is 2. The van der Waals surface area contributed by atoms with E-state index in [0.29, 0.717) is 11.4 Å². The van der Waals surface area contributed by atoms with Gasteiger partial charge in [0.25, 0.3) is 0 Å². The van der Waals surface area contributed by atoms with E-state index in [9.17, 15) is 0 Å². The molecule has 2 aromatic rings. The fourth-order valence-corrected chi connectivity index (χ4v) is 1.41. The van der Waals surface area contributed by atoms with Gasteiger partial charge in [0.05, 0.1) is 0 Å². The van der Waals surface area contributed by atoms with Gasteiger partial charge < -0.3 is 15.9 Å². The minimum absolute atomic E-state index is 0.647. The van der Waals surface area contributed by atoms with Crippen LogP contribution in [0.15, 0.2) is 34.7 Å². The average Bonchev–Trinajstić information content (AvgIpc) is 2.50. The standard InChI is InChI=1S/C11H12N2O/c1-7-2-3-11(14-7)8-4-9(12)6-10(13)5-8/h2-6H,12-13H2,1H3. The molecule has 0 amide bonds. The quantitative estimate of drug-likeness (QED) is 0.675. The summed E-state index contributed by atoms with van der Waals surface area (Å²) in [7, 11) is 0. The van der Waals surface area contributed by atoms with Crippen LogP contribution in [0.3, 0.4) is 0 Å². The van der Waals surface area contributed by atoms with Gasteiger partial charge in [-0.1, -0.05) is 0 Å². The molecule has 0 saturated carbocycles. The molecule has 0 aliphatic heterocycles. The molecular weight excluding hydrogens is 176 g/mol. The second-order valence-corrected chi connectivity index (χ2v) is 3.30. The zero-order valence-electron chi connectivity index (χ0n) is 7.95. The molecule has 2 rings (SSSR count). The highest BCUT2D eigenvalue weighted by molar-refractivity contribution is 5.69. The maximum Gasteiger partial charge on any atom is 0.134 e. The molecule has 0 aliphatic carbocycles. The maximum atomic E-state index is 5.68. The second kappa shape index (κ2) is 3.10. The Labute approximate surface area is 82.3 Å². The van der Waals surface area contributed by atoms with Crippen molar-refractivity contribution in [1.82, 2.24) is 0 Å². The van der Waals surface area contributed by atoms with Crippen LogP contribution in [0, 0.1) is 6.92 Å². The van der Waals surface area contributed by atoms with E-state index < -0.39 is 0 Å². The number of nitrogens with two attached hydrogens (primary N) is 2. The fraction of sp³-hybridized carbons (Fsp3) is 0.0909. The largest absolute Gasteiger partial charge is 0.461 e. The van der Waals surface area contributed by atoms with Crippen molar-refractivity contribution in [1.29, 1.82) is 0 Å². The molecule has 0 saturated heterocycles. The van der Waals surface area contributed by atoms with Gasteiger partial charge >= 0.3 is 0 Å². The van der Waals surface area contributed by atoms with Gasteiger partial charge in [0, 0.05) is 16.9 Å². The maximum absolute atomic E-state index is 5.68. The molecule has 14 heavy (non-hydrogen) atoms. The predicted octanol–water partition coefficient (Wildman–Crippen LogP) is 2.42. The number of furan rings is 1. The van der Waals surface area contributed by atoms with Crippen LogP contribution in [0.2, 0.25) is 0 Å². The van der Waals surface area contributed by atoms with Gasteiger partial charge in [-0.15, -0.1) is 0 Å². The molecule has 0 radical (unpaired) electrons. The van der Waals surface area contributed by atoms with E-state index in [4.69, 9.17) is 15.9 Å². The summed E-state index contributed by atoms with van der Waals surface area (Å²) in [6.45, 7) is 1.90. The number of aryl methyl sites for hydroxylation is 1. The van der Waals surface area contributed by atoms with Crippen molar-refractivity contribution < 1.29 is 4.42 Å². The Morgan fingerprint density at radius 2 is 1.64 bits per heavy atom. The lowest BCUT2D eigenvalue weighted by Gasteiger charge is -2.01. The van der Waals surface area contributed by atoms with Crippen LogP contribution >= 0.6 is 0 Å². The first-order chi connectivity index (χ1) is 6.65. The molecule has 3 nitrogen and oxygen atoms in total. The Hall–Kier alpha value is -1.90. The van der Waals surface area contributed by atoms with Crippen molar-refractivity contribution in [3.63, 3.8) is 0 Å². The van der Waals surface area contributed by atoms with E-state index >= 15 is 0 Å². The first-order valence-electron chi connectivity index (χ1n) is 4.38. The SMILES string of the molecule is Cc1ccc(-c2cc(N)cc(N)c2)o1. The summed E-state index contributed by atoms with van der Waals surface area (Å²) >= 11 is 0. The van der Waals surface area contributed by atoms with Crippen molar-refractivity contribution in [2.45, 2.75) is 6.92 Å². The molecule has 1 heterocycles. The van der Waals surface area contributed by atoms with E-state index in [-0.39, 0.29) is 0 Å². The highest BCUT2D eigenvalue weighted by Crippen LogP contribution is 2.26. The van der Waals surface area contributed by atoms with E-state index in [1.165, 1.54) is 0 Å². The highest BCUT2D eigenvalue weighted by atomic mass is 16.3. The summed E-state index contributed by atoms with van der Waals surface area (Å²) in [6.07, 6.45) is 0. The third-order valence-corrected chi connectivity index (χ3v) is 2.00. The van der Waals surface area contributed by atoms with Gasteiger partial charge in [-0.05, 0) is 37.3 Å². The smallest absolute Gasteiger partial charge is 0.134 e. The number of nitrogen functional groups attached to an aromatic ring is 2. The van der Waals surface area contributed by atoms with Crippen LogP contribution in [0.5, 0.6) is 0 Å². The second-order valence-electron chi connectivity index (χ2n) is 3.30. The Balaban J connectivity index is 2.51. The van der Waals surface area contributed by atoms with Crippen molar-refractivity contribution in [3.8, 4) is 11.3 Å². The normalized spacial score (nSPS) is 10.4. The molecule has 0 bridgehead atoms. The molecule has 0 aliphatic rings. The molecule has 1 aromatic carbocycles. The fourth-order valence-electron chi connectivity index (χ4n) is 1.41. The molecular formula is C11H12N2O. The van der Waals surface area contributed by atoms with Gasteiger partial charge in [-0.3, -0.25) is 0 Å². The predicted molar refractivity (Wildman–Crippen MR) is 57.7 cm³/mol. The summed E-state index contributed by atoms with van der Waals surface area (Å²) in [5.41, 5.74) is 13.6. The zero-order valence-corrected chi connectivity index (χ0v) is 7.95. The minimum Gasteiger partial charge on any atom is -0.461 e. The lowest BCUT2D eigenvalue weighted by atomic mass is 10.1. The monoisotopic (exact) mass is 188 g/mol. The van der Waals surface area contributed by atoms with Gasteiger partial charge in [-0.2, -0.15) is 0 Å². The Morgan fingerprint density at radius 3 is 2.14 bits per heavy atom. The molecule has 4 N–H and O–H groups in total. The topological polar surface area (TPSA) is 65.2 Å². The molecule has 1 aromatic heterocycles. The Kier molecular flexibility index (Phi) is 1.93. The molecule has 0 atom stereocenters. The Bertz CT molecular complexity index is 440. The summed E-state index contributed by atoms with van der Waals surface area (Å²) < 4.78 is 5.47. The average molecular weight is 188 g/mol.